The molecule has 0 aliphatic heterocycles. The van der Waals surface area contributed by atoms with Crippen molar-refractivity contribution in [2.45, 2.75) is 59.8 Å². The van der Waals surface area contributed by atoms with E-state index in [4.69, 9.17) is 9.26 Å². The average molecular weight is 362 g/mol. The number of ether oxygens (including phenoxy) is 1. The standard InChI is InChI=1S/C19H27N3O2S/c1-13(2)23-19(5,6)17-12-25-18(21-17)9-7-8-10-20-11-16-14(3)22-24-15(16)4/h7-10,12-13,20H,11H2,1-6H3/b9-7+,10-8-. The minimum absolute atomic E-state index is 0.169. The molecule has 25 heavy (non-hydrogen) atoms. The fourth-order valence-electron chi connectivity index (χ4n) is 2.47. The van der Waals surface area contributed by atoms with Gasteiger partial charge in [-0.3, -0.25) is 0 Å². The highest BCUT2D eigenvalue weighted by atomic mass is 32.1. The SMILES string of the molecule is Cc1noc(C)c1CN/C=C\C=C\c1nc(C(C)(C)OC(C)C)cs1. The van der Waals surface area contributed by atoms with Crippen LogP contribution in [0.25, 0.3) is 6.08 Å². The summed E-state index contributed by atoms with van der Waals surface area (Å²) < 4.78 is 11.1. The molecule has 2 heterocycles. The Morgan fingerprint density at radius 3 is 2.72 bits per heavy atom. The number of nitrogens with zero attached hydrogens (tertiary/aromatic N) is 2. The van der Waals surface area contributed by atoms with Crippen LogP contribution in [0.5, 0.6) is 0 Å². The van der Waals surface area contributed by atoms with Crippen molar-refractivity contribution in [3.8, 4) is 0 Å². The molecular formula is C19H27N3O2S. The summed E-state index contributed by atoms with van der Waals surface area (Å²) in [5.74, 6) is 0.857. The number of allylic oxidation sites excluding steroid dienone is 2. The number of aromatic nitrogens is 2. The molecule has 0 spiro atoms. The maximum absolute atomic E-state index is 5.93. The molecular weight excluding hydrogens is 334 g/mol. The van der Waals surface area contributed by atoms with Crippen molar-refractivity contribution >= 4 is 17.4 Å². The zero-order chi connectivity index (χ0) is 18.4. The minimum Gasteiger partial charge on any atom is -0.387 e. The van der Waals surface area contributed by atoms with Crippen LogP contribution in [0, 0.1) is 13.8 Å². The van der Waals surface area contributed by atoms with Crippen LogP contribution in [-0.4, -0.2) is 16.2 Å². The molecule has 0 bridgehead atoms. The first-order valence-corrected chi connectivity index (χ1v) is 9.29. The van der Waals surface area contributed by atoms with Crippen LogP contribution in [0.1, 0.15) is 55.4 Å². The quantitative estimate of drug-likeness (QED) is 0.689. The summed E-state index contributed by atoms with van der Waals surface area (Å²) in [5.41, 5.74) is 2.62. The smallest absolute Gasteiger partial charge is 0.138 e. The van der Waals surface area contributed by atoms with E-state index in [2.05, 4.69) is 20.8 Å². The van der Waals surface area contributed by atoms with Gasteiger partial charge in [-0.05, 0) is 59.9 Å². The van der Waals surface area contributed by atoms with E-state index in [-0.39, 0.29) is 11.7 Å². The molecule has 0 saturated carbocycles. The first kappa shape index (κ1) is 19.4. The van der Waals surface area contributed by atoms with E-state index < -0.39 is 0 Å². The fraction of sp³-hybridized carbons (Fsp3) is 0.474. The molecule has 0 fully saturated rings. The summed E-state index contributed by atoms with van der Waals surface area (Å²) in [6.45, 7) is 12.7. The molecule has 2 aromatic rings. The summed E-state index contributed by atoms with van der Waals surface area (Å²) >= 11 is 1.62. The van der Waals surface area contributed by atoms with Gasteiger partial charge >= 0.3 is 0 Å². The molecule has 0 aliphatic rings. The predicted molar refractivity (Wildman–Crippen MR) is 102 cm³/mol. The Balaban J connectivity index is 1.86. The Labute approximate surface area is 153 Å². The minimum atomic E-state index is -0.373. The number of nitrogens with one attached hydrogen (secondary N) is 1. The molecule has 0 amide bonds. The highest BCUT2D eigenvalue weighted by molar-refractivity contribution is 7.10. The molecule has 0 unspecified atom stereocenters. The van der Waals surface area contributed by atoms with Gasteiger partial charge in [0.05, 0.1) is 17.5 Å². The van der Waals surface area contributed by atoms with E-state index in [1.54, 1.807) is 11.3 Å². The number of hydrogen-bond donors (Lipinski definition) is 1. The van der Waals surface area contributed by atoms with Gasteiger partial charge < -0.3 is 14.6 Å². The summed E-state index contributed by atoms with van der Waals surface area (Å²) in [6.07, 6.45) is 7.99. The molecule has 0 aromatic carbocycles. The van der Waals surface area contributed by atoms with Crippen LogP contribution in [-0.2, 0) is 16.9 Å². The second-order valence-electron chi connectivity index (χ2n) is 6.65. The topological polar surface area (TPSA) is 60.2 Å². The van der Waals surface area contributed by atoms with E-state index in [1.165, 1.54) is 0 Å². The van der Waals surface area contributed by atoms with Gasteiger partial charge in [-0.25, -0.2) is 4.98 Å². The highest BCUT2D eigenvalue weighted by Gasteiger charge is 2.25. The van der Waals surface area contributed by atoms with Crippen LogP contribution in [0.3, 0.4) is 0 Å². The van der Waals surface area contributed by atoms with E-state index in [0.717, 1.165) is 27.7 Å². The second-order valence-corrected chi connectivity index (χ2v) is 7.54. The fourth-order valence-corrected chi connectivity index (χ4v) is 3.34. The zero-order valence-corrected chi connectivity index (χ0v) is 16.6. The first-order valence-electron chi connectivity index (χ1n) is 8.42. The summed E-state index contributed by atoms with van der Waals surface area (Å²) in [4.78, 5) is 4.65. The molecule has 0 atom stereocenters. The maximum Gasteiger partial charge on any atom is 0.138 e. The Bertz CT molecular complexity index is 722. The molecule has 0 radical (unpaired) electrons. The van der Waals surface area contributed by atoms with Crippen molar-refractivity contribution in [1.82, 2.24) is 15.5 Å². The normalized spacial score (nSPS) is 12.8. The predicted octanol–water partition coefficient (Wildman–Crippen LogP) is 4.72. The lowest BCUT2D eigenvalue weighted by Crippen LogP contribution is -2.25. The molecule has 0 saturated heterocycles. The zero-order valence-electron chi connectivity index (χ0n) is 15.8. The third kappa shape index (κ3) is 5.54. The van der Waals surface area contributed by atoms with E-state index >= 15 is 0 Å². The van der Waals surface area contributed by atoms with Crippen LogP contribution in [0.15, 0.2) is 28.3 Å². The Hall–Kier alpha value is -1.92. The molecule has 0 aliphatic carbocycles. The second kappa shape index (κ2) is 8.45. The van der Waals surface area contributed by atoms with Crippen molar-refractivity contribution in [3.05, 3.63) is 51.5 Å². The number of hydrogen-bond acceptors (Lipinski definition) is 6. The monoisotopic (exact) mass is 361 g/mol. The Kier molecular flexibility index (Phi) is 6.56. The summed E-state index contributed by atoms with van der Waals surface area (Å²) in [7, 11) is 0. The number of rotatable bonds is 8. The van der Waals surface area contributed by atoms with Gasteiger partial charge in [0.1, 0.15) is 16.4 Å². The first-order chi connectivity index (χ1) is 11.8. The van der Waals surface area contributed by atoms with Gasteiger partial charge in [0, 0.05) is 17.5 Å². The average Bonchev–Trinajstić information content (AvgIpc) is 3.11. The summed E-state index contributed by atoms with van der Waals surface area (Å²) in [6, 6.07) is 0. The van der Waals surface area contributed by atoms with Gasteiger partial charge in [0.15, 0.2) is 0 Å². The Morgan fingerprint density at radius 1 is 1.32 bits per heavy atom. The third-order valence-corrected chi connectivity index (χ3v) is 4.50. The van der Waals surface area contributed by atoms with Gasteiger partial charge in [-0.2, -0.15) is 0 Å². The summed E-state index contributed by atoms with van der Waals surface area (Å²) in [5, 5.41) is 10.2. The van der Waals surface area contributed by atoms with Crippen LogP contribution in [0.4, 0.5) is 0 Å². The molecule has 2 aromatic heterocycles. The number of aryl methyl sites for hydroxylation is 2. The molecule has 1 N–H and O–H groups in total. The van der Waals surface area contributed by atoms with E-state index in [0.29, 0.717) is 6.54 Å². The lowest BCUT2D eigenvalue weighted by molar-refractivity contribution is -0.0623. The van der Waals surface area contributed by atoms with E-state index in [1.807, 2.05) is 66.0 Å². The lowest BCUT2D eigenvalue weighted by Gasteiger charge is -2.25. The lowest BCUT2D eigenvalue weighted by atomic mass is 10.1. The maximum atomic E-state index is 5.93. The van der Waals surface area contributed by atoms with E-state index in [9.17, 15) is 0 Å². The molecule has 6 heteroatoms. The number of thiazole rings is 1. The van der Waals surface area contributed by atoms with Crippen molar-refractivity contribution in [1.29, 1.82) is 0 Å². The van der Waals surface area contributed by atoms with Gasteiger partial charge in [0.25, 0.3) is 0 Å². The van der Waals surface area contributed by atoms with Crippen molar-refractivity contribution in [2.24, 2.45) is 0 Å². The van der Waals surface area contributed by atoms with Gasteiger partial charge in [0.2, 0.25) is 0 Å². The molecule has 5 nitrogen and oxygen atoms in total. The van der Waals surface area contributed by atoms with Gasteiger partial charge in [-0.15, -0.1) is 11.3 Å². The largest absolute Gasteiger partial charge is 0.387 e. The highest BCUT2D eigenvalue weighted by Crippen LogP contribution is 2.27. The van der Waals surface area contributed by atoms with Crippen molar-refractivity contribution < 1.29 is 9.26 Å². The Morgan fingerprint density at radius 2 is 2.08 bits per heavy atom. The van der Waals surface area contributed by atoms with Crippen LogP contribution in [0.2, 0.25) is 0 Å². The van der Waals surface area contributed by atoms with Crippen molar-refractivity contribution in [3.63, 3.8) is 0 Å². The third-order valence-electron chi connectivity index (χ3n) is 3.69. The van der Waals surface area contributed by atoms with Crippen LogP contribution >= 0.6 is 11.3 Å². The molecule has 136 valence electrons. The van der Waals surface area contributed by atoms with Gasteiger partial charge in [-0.1, -0.05) is 11.2 Å². The van der Waals surface area contributed by atoms with Crippen molar-refractivity contribution in [2.75, 3.05) is 0 Å². The van der Waals surface area contributed by atoms with Crippen LogP contribution < -0.4 is 5.32 Å². The molecule has 2 rings (SSSR count).